The van der Waals surface area contributed by atoms with Crippen LogP contribution in [0.25, 0.3) is 112 Å². The molecule has 0 fully saturated rings. The van der Waals surface area contributed by atoms with Gasteiger partial charge < -0.3 is 34.5 Å². The Hall–Kier alpha value is -10.8. The van der Waals surface area contributed by atoms with Crippen molar-refractivity contribution < 1.29 is 60.3 Å². The predicted octanol–water partition coefficient (Wildman–Crippen LogP) is 21.2. The molecule has 7 nitrogen and oxygen atoms in total. The minimum atomic E-state index is -2.43. The summed E-state index contributed by atoms with van der Waals surface area (Å²) in [4.78, 5) is 27.0. The van der Waals surface area contributed by atoms with Crippen LogP contribution in [-0.2, 0) is 66.9 Å². The van der Waals surface area contributed by atoms with Gasteiger partial charge in [-0.2, -0.15) is 0 Å². The van der Waals surface area contributed by atoms with Gasteiger partial charge in [0.2, 0.25) is 0 Å². The summed E-state index contributed by atoms with van der Waals surface area (Å²) < 4.78 is 2.35. The first-order valence-electron chi connectivity index (χ1n) is 41.6. The average molecular weight is 2220 g/mol. The van der Waals surface area contributed by atoms with Crippen LogP contribution in [-0.4, -0.2) is 74.8 Å². The predicted molar refractivity (Wildman–Crippen MR) is 523 cm³/mol. The topological polar surface area (TPSA) is 82.3 Å². The number of fused-ring (bicyclic) bond motifs is 9. The maximum atomic E-state index is 4.86. The van der Waals surface area contributed by atoms with Gasteiger partial charge in [0, 0.05) is 110 Å². The van der Waals surface area contributed by atoms with Crippen LogP contribution in [0.15, 0.2) is 371 Å². The molecule has 0 unspecified atom stereocenters. The van der Waals surface area contributed by atoms with E-state index in [0.717, 1.165) is 74.1 Å². The first kappa shape index (κ1) is 92.3. The van der Waals surface area contributed by atoms with Gasteiger partial charge >= 0.3 is 0 Å². The number of nitrogens with zero attached hydrogens (tertiary/aromatic N) is 7. The number of hydrogen-bond acceptors (Lipinski definition) is 6. The number of aromatic nitrogens is 7. The minimum absolute atomic E-state index is 0. The van der Waals surface area contributed by atoms with Crippen LogP contribution >= 0.6 is 0 Å². The normalized spacial score (nSPS) is 12.2. The molecule has 7 aromatic heterocycles. The van der Waals surface area contributed by atoms with E-state index < -0.39 is 40.4 Å². The van der Waals surface area contributed by atoms with Crippen molar-refractivity contribution in [3.8, 4) is 89.8 Å². The van der Waals surface area contributed by atoms with Crippen LogP contribution in [0.5, 0.6) is 0 Å². The van der Waals surface area contributed by atoms with Gasteiger partial charge in [0.05, 0.1) is 32.3 Å². The van der Waals surface area contributed by atoms with E-state index in [2.05, 4.69) is 360 Å². The van der Waals surface area contributed by atoms with Gasteiger partial charge in [0.15, 0.2) is 0 Å². The fraction of sp³-hybridized carbons (Fsp3) is 0.119. The third-order valence-electron chi connectivity index (χ3n) is 22.6. The molecule has 0 amide bonds. The van der Waals surface area contributed by atoms with E-state index in [9.17, 15) is 0 Å². The van der Waals surface area contributed by atoms with Gasteiger partial charge in [0.25, 0.3) is 0 Å². The van der Waals surface area contributed by atoms with Gasteiger partial charge in [-0.25, -0.2) is 0 Å². The summed E-state index contributed by atoms with van der Waals surface area (Å²) in [5.41, 5.74) is 20.3. The van der Waals surface area contributed by atoms with Crippen molar-refractivity contribution in [1.82, 2.24) is 34.5 Å². The molecule has 124 heavy (non-hydrogen) atoms. The van der Waals surface area contributed by atoms with Crippen LogP contribution in [0.4, 0.5) is 0 Å². The number of para-hydroxylation sites is 1. The molecule has 0 bridgehead atoms. The van der Waals surface area contributed by atoms with Gasteiger partial charge in [0.1, 0.15) is 8.07 Å². The molecule has 9 heterocycles. The van der Waals surface area contributed by atoms with Crippen molar-refractivity contribution in [2.45, 2.75) is 85.5 Å². The van der Waals surface area contributed by atoms with Gasteiger partial charge in [-0.3, -0.25) is 0 Å². The van der Waals surface area contributed by atoms with Gasteiger partial charge in [-0.1, -0.05) is 304 Å². The van der Waals surface area contributed by atoms with E-state index in [1.54, 1.807) is 18.6 Å². The van der Waals surface area contributed by atoms with Crippen LogP contribution in [0.3, 0.4) is 0 Å². The first-order valence-corrected chi connectivity index (χ1v) is 57.1. The molecule has 0 atom stereocenters. The zero-order chi connectivity index (χ0) is 84.1. The zero-order valence-electron chi connectivity index (χ0n) is 72.1. The van der Waals surface area contributed by atoms with E-state index in [4.69, 9.17) is 15.0 Å². The Morgan fingerprint density at radius 1 is 0.282 bits per heavy atom. The van der Waals surface area contributed by atoms with E-state index in [0.29, 0.717) is 0 Å². The Kier molecular flexibility index (Phi) is 30.8. The number of aryl methyl sites for hydroxylation is 1. The Morgan fingerprint density at radius 3 is 1.03 bits per heavy atom. The second-order valence-electron chi connectivity index (χ2n) is 34.0. The van der Waals surface area contributed by atoms with Crippen molar-refractivity contribution in [3.05, 3.63) is 407 Å². The summed E-state index contributed by atoms with van der Waals surface area (Å²) in [5, 5.41) is 15.5. The Labute approximate surface area is 778 Å². The Bertz CT molecular complexity index is 6150. The molecule has 15 heteroatoms. The Morgan fingerprint density at radius 2 is 0.637 bits per heavy atom. The van der Waals surface area contributed by atoms with Crippen LogP contribution in [0.2, 0.25) is 72.0 Å². The molecule has 0 saturated carbocycles. The van der Waals surface area contributed by atoms with Gasteiger partial charge in [-0.15, -0.1) is 189 Å². The maximum Gasteiger partial charge on any atom is 0.136 e. The van der Waals surface area contributed by atoms with Crippen LogP contribution < -0.4 is 46.7 Å². The van der Waals surface area contributed by atoms with Crippen molar-refractivity contribution in [3.63, 3.8) is 0 Å². The molecule has 2 aliphatic rings. The second-order valence-corrected chi connectivity index (χ2v) is 57.3. The van der Waals surface area contributed by atoms with Crippen molar-refractivity contribution in [1.29, 1.82) is 0 Å². The number of benzene rings is 11. The number of hydrogen-bond donors (Lipinski definition) is 0. The molecule has 0 aliphatic carbocycles. The molecule has 0 saturated heterocycles. The number of pyridine rings is 6. The molecule has 623 valence electrons. The summed E-state index contributed by atoms with van der Waals surface area (Å²) in [5.74, 6) is 0. The van der Waals surface area contributed by atoms with Crippen molar-refractivity contribution in [2.75, 3.05) is 0 Å². The summed E-state index contributed by atoms with van der Waals surface area (Å²) in [6, 6.07) is 136. The fourth-order valence-electron chi connectivity index (χ4n) is 16.0. The largest absolute Gasteiger partial charge is 0.381 e. The molecular weight excluding hydrogens is 2120 g/mol. The zero-order valence-corrected chi connectivity index (χ0v) is 84.2. The Balaban J connectivity index is 0.000000142. The molecule has 2 aliphatic heterocycles. The summed E-state index contributed by atoms with van der Waals surface area (Å²) in [7, 11) is -8.02. The quantitative estimate of drug-likeness (QED) is 0.0895. The van der Waals surface area contributed by atoms with E-state index in [-0.39, 0.29) is 60.3 Å². The van der Waals surface area contributed by atoms with Crippen LogP contribution in [0, 0.1) is 36.4 Å². The molecule has 3 radical (unpaired) electrons. The van der Waals surface area contributed by atoms with Crippen molar-refractivity contribution in [2.24, 2.45) is 0 Å². The SMILES string of the molecule is CCn1c2c[c-]c(-c3ccc([Si](C)(C)C)cn3)cc2c2ccccc21.C[Si](C)(C)c1ccc(-c2[c-]cc3c(c2)-c2ccccc2[Si]3(C)C)nc1.C[Si](C)(C)c1ccc(-c2[c-]cc3c(c2)-c2ccccc2[Si]3(c2ccccc2)c2ccccc2)nc1.[Ir].[Ir].[Ir].[c-]1ccccc1-c1ccccn1.[c-]1ccccc1-c1ccccn1.[c-]1ccccc1-c1ccccn1. The molecule has 20 rings (SSSR count). The minimum Gasteiger partial charge on any atom is -0.381 e. The fourth-order valence-corrected chi connectivity index (χ4v) is 27.2. The standard InChI is InChI=1S/C32H28NSi2.C22H23N2Si.C22H24NSi2.3C11H8N.3Ir/c1-34(2,3)27-19-20-30(33-23-27)24-18-21-32-29(22-24)28-16-10-11-17-31(28)35(32,25-12-6-4-7-13-25)26-14-8-5-9-15-26;1-5-24-21-9-7-6-8-18(21)19-14-16(10-13-22(19)24)20-12-11-17(15-23-20)25(2,3)4;1-24(2,3)17-11-12-20(23-15-17)16-10-13-22-19(14-16)18-8-6-7-9-21(18)25(22,4)5;3*1-2-6-10(7-3-1)11-8-4-5-9-12-11;;;/h4-17,19-23H,1-3H3;6-9,11-15H,5H2,1-4H3;6-9,11-15H,1-5H3;3*1-6,8-9H;;;/q6*-1;;;. The summed E-state index contributed by atoms with van der Waals surface area (Å²) in [6.07, 6.45) is 11.6. The van der Waals surface area contributed by atoms with Crippen LogP contribution in [0.1, 0.15) is 6.92 Å². The van der Waals surface area contributed by atoms with E-state index in [1.807, 2.05) is 127 Å². The number of rotatable bonds is 12. The third kappa shape index (κ3) is 20.7. The second kappa shape index (κ2) is 41.3. The summed E-state index contributed by atoms with van der Waals surface area (Å²) >= 11 is 0. The molecule has 0 N–H and O–H groups in total. The summed E-state index contributed by atoms with van der Waals surface area (Å²) in [6.45, 7) is 29.2. The van der Waals surface area contributed by atoms with E-state index in [1.165, 1.54) is 90.7 Å². The molecule has 11 aromatic carbocycles. The molecule has 0 spiro atoms. The van der Waals surface area contributed by atoms with Gasteiger partial charge in [-0.05, 0) is 108 Å². The smallest absolute Gasteiger partial charge is 0.136 e. The van der Waals surface area contributed by atoms with Crippen molar-refractivity contribution >= 4 is 109 Å². The maximum absolute atomic E-state index is 4.86. The average Bonchev–Trinajstić information content (AvgIpc) is 1.54. The third-order valence-corrected chi connectivity index (χ3v) is 37.1. The monoisotopic (exact) mass is 2220 g/mol. The molecular formula is C109H99Ir3N7Si5-6. The van der Waals surface area contributed by atoms with E-state index >= 15 is 0 Å². The first-order chi connectivity index (χ1) is 58.7. The molecule has 18 aromatic rings.